The van der Waals surface area contributed by atoms with Crippen LogP contribution < -0.4 is 4.74 Å². The molecule has 0 amide bonds. The minimum absolute atomic E-state index is 0.249. The molecule has 1 unspecified atom stereocenters. The van der Waals surface area contributed by atoms with Crippen molar-refractivity contribution in [2.45, 2.75) is 60.0 Å². The lowest BCUT2D eigenvalue weighted by molar-refractivity contribution is 0.0696. The van der Waals surface area contributed by atoms with Crippen LogP contribution in [0.15, 0.2) is 47.1 Å². The first kappa shape index (κ1) is 22.7. The number of allylic oxidation sites excluding steroid dienone is 4. The van der Waals surface area contributed by atoms with Crippen LogP contribution in [0, 0.1) is 0 Å². The van der Waals surface area contributed by atoms with Crippen molar-refractivity contribution in [2.24, 2.45) is 0 Å². The third-order valence-electron chi connectivity index (χ3n) is 4.34. The van der Waals surface area contributed by atoms with Gasteiger partial charge < -0.3 is 14.9 Å². The fourth-order valence-corrected chi connectivity index (χ4v) is 2.70. The van der Waals surface area contributed by atoms with E-state index in [9.17, 15) is 15.0 Å². The molecule has 0 bridgehead atoms. The average molecular weight is 373 g/mol. The molecule has 148 valence electrons. The molecule has 0 aliphatic carbocycles. The van der Waals surface area contributed by atoms with Crippen LogP contribution in [0.3, 0.4) is 0 Å². The van der Waals surface area contributed by atoms with Crippen LogP contribution >= 0.6 is 0 Å². The van der Waals surface area contributed by atoms with E-state index < -0.39 is 12.1 Å². The Labute approximate surface area is 162 Å². The molecule has 0 aromatic heterocycles. The second-order valence-electron chi connectivity index (χ2n) is 7.30. The fourth-order valence-electron chi connectivity index (χ4n) is 2.70. The van der Waals surface area contributed by atoms with E-state index in [0.29, 0.717) is 25.0 Å². The highest BCUT2D eigenvalue weighted by molar-refractivity contribution is 5.88. The molecule has 1 aromatic carbocycles. The number of ether oxygens (including phenoxy) is 1. The summed E-state index contributed by atoms with van der Waals surface area (Å²) in [5.74, 6) is -0.248. The quantitative estimate of drug-likeness (QED) is 0.591. The van der Waals surface area contributed by atoms with Crippen molar-refractivity contribution in [1.82, 2.24) is 0 Å². The molecule has 2 N–H and O–H groups in total. The lowest BCUT2D eigenvalue weighted by Gasteiger charge is -2.15. The van der Waals surface area contributed by atoms with Crippen molar-refractivity contribution in [2.75, 3.05) is 7.11 Å². The topological polar surface area (TPSA) is 66.8 Å². The number of carboxylic acids is 1. The number of carbonyl (C=O) groups is 1. The van der Waals surface area contributed by atoms with Gasteiger partial charge in [-0.1, -0.05) is 29.4 Å². The maximum atomic E-state index is 11.5. The van der Waals surface area contributed by atoms with Gasteiger partial charge in [-0.05, 0) is 82.7 Å². The monoisotopic (exact) mass is 372 g/mol. The predicted octanol–water partition coefficient (Wildman–Crippen LogP) is 5.11. The first-order valence-corrected chi connectivity index (χ1v) is 9.20. The van der Waals surface area contributed by atoms with E-state index in [4.69, 9.17) is 4.74 Å². The summed E-state index contributed by atoms with van der Waals surface area (Å²) in [6.07, 6.45) is 7.15. The number of hydrogen-bond acceptors (Lipinski definition) is 3. The van der Waals surface area contributed by atoms with Crippen molar-refractivity contribution in [3.05, 3.63) is 63.8 Å². The zero-order valence-electron chi connectivity index (χ0n) is 17.3. The molecular formula is C23H32O4. The molecule has 0 heterocycles. The molecular weight excluding hydrogens is 340 g/mol. The third-order valence-corrected chi connectivity index (χ3v) is 4.34. The number of aliphatic hydroxyl groups excluding tert-OH is 1. The molecule has 1 rings (SSSR count). The first-order valence-electron chi connectivity index (χ1n) is 9.20. The molecule has 27 heavy (non-hydrogen) atoms. The highest BCUT2D eigenvalue weighted by Gasteiger charge is 2.14. The van der Waals surface area contributed by atoms with E-state index in [1.54, 1.807) is 19.2 Å². The van der Waals surface area contributed by atoms with Crippen LogP contribution in [-0.2, 0) is 12.8 Å². The zero-order chi connectivity index (χ0) is 20.6. The number of rotatable bonds is 9. The number of aromatic carboxylic acids is 1. The van der Waals surface area contributed by atoms with E-state index in [0.717, 1.165) is 22.3 Å². The van der Waals surface area contributed by atoms with Crippen molar-refractivity contribution in [3.63, 3.8) is 0 Å². The Hall–Kier alpha value is -2.33. The van der Waals surface area contributed by atoms with Crippen LogP contribution in [-0.4, -0.2) is 29.4 Å². The molecule has 0 saturated carbocycles. The SMILES string of the molecule is COc1c(CC=C(C)C)cc(C(=O)O)cc1CC=C(C)C(O)CC=C(C)C. The Morgan fingerprint density at radius 2 is 1.52 bits per heavy atom. The lowest BCUT2D eigenvalue weighted by Crippen LogP contribution is -2.08. The predicted molar refractivity (Wildman–Crippen MR) is 111 cm³/mol. The summed E-state index contributed by atoms with van der Waals surface area (Å²) in [5, 5.41) is 19.7. The highest BCUT2D eigenvalue weighted by Crippen LogP contribution is 2.28. The second-order valence-corrected chi connectivity index (χ2v) is 7.30. The van der Waals surface area contributed by atoms with Gasteiger partial charge in [-0.2, -0.15) is 0 Å². The minimum Gasteiger partial charge on any atom is -0.496 e. The molecule has 1 atom stereocenters. The maximum Gasteiger partial charge on any atom is 0.335 e. The normalized spacial score (nSPS) is 12.3. The van der Waals surface area contributed by atoms with Gasteiger partial charge in [0.15, 0.2) is 0 Å². The fraction of sp³-hybridized carbons (Fsp3) is 0.435. The highest BCUT2D eigenvalue weighted by atomic mass is 16.5. The van der Waals surface area contributed by atoms with Gasteiger partial charge in [-0.25, -0.2) is 4.79 Å². The van der Waals surface area contributed by atoms with Crippen LogP contribution in [0.5, 0.6) is 5.75 Å². The zero-order valence-corrected chi connectivity index (χ0v) is 17.3. The van der Waals surface area contributed by atoms with Crippen LogP contribution in [0.1, 0.15) is 62.5 Å². The van der Waals surface area contributed by atoms with Crippen molar-refractivity contribution >= 4 is 5.97 Å². The number of aliphatic hydroxyl groups is 1. The largest absolute Gasteiger partial charge is 0.496 e. The van der Waals surface area contributed by atoms with Crippen LogP contribution in [0.2, 0.25) is 0 Å². The van der Waals surface area contributed by atoms with E-state index in [1.165, 1.54) is 5.57 Å². The minimum atomic E-state index is -0.957. The van der Waals surface area contributed by atoms with Gasteiger partial charge >= 0.3 is 5.97 Å². The molecule has 0 fully saturated rings. The van der Waals surface area contributed by atoms with Crippen LogP contribution in [0.4, 0.5) is 0 Å². The Balaban J connectivity index is 3.20. The summed E-state index contributed by atoms with van der Waals surface area (Å²) in [6.45, 7) is 9.91. The molecule has 1 aromatic rings. The summed E-state index contributed by atoms with van der Waals surface area (Å²) < 4.78 is 5.59. The Kier molecular flexibility index (Phi) is 9.03. The van der Waals surface area contributed by atoms with E-state index in [-0.39, 0.29) is 5.56 Å². The van der Waals surface area contributed by atoms with E-state index >= 15 is 0 Å². The van der Waals surface area contributed by atoms with Gasteiger partial charge in [-0.15, -0.1) is 0 Å². The summed E-state index contributed by atoms with van der Waals surface area (Å²) in [7, 11) is 1.60. The standard InChI is InChI=1S/C23H32O4/c1-15(2)7-10-18-13-20(23(25)26)14-19(22(18)27-6)11-9-17(5)21(24)12-8-16(3)4/h7-9,13-14,21,24H,10-12H2,1-6H3,(H,25,26). The summed E-state index contributed by atoms with van der Waals surface area (Å²) >= 11 is 0. The number of methoxy groups -OCH3 is 1. The van der Waals surface area contributed by atoms with E-state index in [2.05, 4.69) is 6.08 Å². The smallest absolute Gasteiger partial charge is 0.335 e. The number of carboxylic acid groups (broad SMARTS) is 1. The number of hydrogen-bond donors (Lipinski definition) is 2. The average Bonchev–Trinajstić information content (AvgIpc) is 2.61. The summed E-state index contributed by atoms with van der Waals surface area (Å²) in [6, 6.07) is 3.32. The summed E-state index contributed by atoms with van der Waals surface area (Å²) in [4.78, 5) is 11.5. The van der Waals surface area contributed by atoms with Gasteiger partial charge in [0.25, 0.3) is 0 Å². The first-order chi connectivity index (χ1) is 12.6. The molecule has 0 spiro atoms. The van der Waals surface area contributed by atoms with Crippen molar-refractivity contribution in [3.8, 4) is 5.75 Å². The van der Waals surface area contributed by atoms with Gasteiger partial charge in [-0.3, -0.25) is 0 Å². The van der Waals surface area contributed by atoms with E-state index in [1.807, 2.05) is 46.8 Å². The molecule has 0 radical (unpaired) electrons. The van der Waals surface area contributed by atoms with Gasteiger partial charge in [0.2, 0.25) is 0 Å². The third kappa shape index (κ3) is 7.43. The maximum absolute atomic E-state index is 11.5. The molecule has 4 heteroatoms. The summed E-state index contributed by atoms with van der Waals surface area (Å²) in [5.41, 5.74) is 5.10. The molecule has 0 saturated heterocycles. The number of benzene rings is 1. The molecule has 4 nitrogen and oxygen atoms in total. The van der Waals surface area contributed by atoms with Crippen molar-refractivity contribution < 1.29 is 19.7 Å². The molecule has 0 aliphatic heterocycles. The Morgan fingerprint density at radius 1 is 1.00 bits per heavy atom. The van der Waals surface area contributed by atoms with Gasteiger partial charge in [0.05, 0.1) is 18.8 Å². The van der Waals surface area contributed by atoms with Crippen molar-refractivity contribution in [1.29, 1.82) is 0 Å². The van der Waals surface area contributed by atoms with Crippen LogP contribution in [0.25, 0.3) is 0 Å². The van der Waals surface area contributed by atoms with Gasteiger partial charge in [0, 0.05) is 0 Å². The van der Waals surface area contributed by atoms with Gasteiger partial charge in [0.1, 0.15) is 5.75 Å². The lowest BCUT2D eigenvalue weighted by atomic mass is 9.97. The Morgan fingerprint density at radius 3 is 1.96 bits per heavy atom. The molecule has 0 aliphatic rings. The Bertz CT molecular complexity index is 746. The second kappa shape index (κ2) is 10.7.